The van der Waals surface area contributed by atoms with E-state index >= 15 is 0 Å². The summed E-state index contributed by atoms with van der Waals surface area (Å²) >= 11 is 6.05. The molecule has 0 bridgehead atoms. The Morgan fingerprint density at radius 3 is 2.73 bits per heavy atom. The molecule has 6 heteroatoms. The van der Waals surface area contributed by atoms with Crippen molar-refractivity contribution in [1.82, 2.24) is 20.2 Å². The fourth-order valence-corrected chi connectivity index (χ4v) is 2.49. The second kappa shape index (κ2) is 4.35. The molecular formula is C9H16ClN5. The largest absolute Gasteiger partial charge is 0.352 e. The number of nitrogens with zero attached hydrogens (tertiary/aromatic N) is 4. The minimum absolute atomic E-state index is 0.244. The maximum absolute atomic E-state index is 6.05. The van der Waals surface area contributed by atoms with Crippen molar-refractivity contribution in [1.29, 1.82) is 0 Å². The highest BCUT2D eigenvalue weighted by Gasteiger charge is 2.33. The number of alkyl halides is 1. The molecule has 0 aliphatic heterocycles. The van der Waals surface area contributed by atoms with E-state index in [1.54, 1.807) is 4.68 Å². The van der Waals surface area contributed by atoms with Gasteiger partial charge in [-0.15, -0.1) is 11.6 Å². The molecular weight excluding hydrogens is 214 g/mol. The van der Waals surface area contributed by atoms with Gasteiger partial charge in [0.2, 0.25) is 5.95 Å². The van der Waals surface area contributed by atoms with E-state index in [9.17, 15) is 0 Å². The van der Waals surface area contributed by atoms with Gasteiger partial charge in [0, 0.05) is 24.9 Å². The molecule has 0 atom stereocenters. The molecule has 0 aromatic carbocycles. The van der Waals surface area contributed by atoms with Gasteiger partial charge in [0.1, 0.15) is 0 Å². The van der Waals surface area contributed by atoms with Crippen molar-refractivity contribution in [2.75, 3.05) is 17.7 Å². The van der Waals surface area contributed by atoms with Crippen molar-refractivity contribution in [3.05, 3.63) is 0 Å². The molecule has 0 unspecified atom stereocenters. The van der Waals surface area contributed by atoms with Crippen LogP contribution in [0.2, 0.25) is 0 Å². The molecule has 84 valence electrons. The van der Waals surface area contributed by atoms with Gasteiger partial charge < -0.3 is 5.32 Å². The van der Waals surface area contributed by atoms with Crippen LogP contribution in [0.5, 0.6) is 0 Å². The number of anilines is 1. The van der Waals surface area contributed by atoms with Crippen LogP contribution in [0.25, 0.3) is 0 Å². The molecule has 1 N–H and O–H groups in total. The third-order valence-electron chi connectivity index (χ3n) is 3.19. The number of hydrogen-bond acceptors (Lipinski definition) is 4. The van der Waals surface area contributed by atoms with E-state index < -0.39 is 0 Å². The van der Waals surface area contributed by atoms with Crippen LogP contribution in [-0.2, 0) is 7.05 Å². The normalized spacial score (nSPS) is 19.3. The van der Waals surface area contributed by atoms with E-state index in [-0.39, 0.29) is 5.41 Å². The van der Waals surface area contributed by atoms with Gasteiger partial charge in [-0.1, -0.05) is 17.9 Å². The topological polar surface area (TPSA) is 55.6 Å². The molecule has 1 aromatic rings. The van der Waals surface area contributed by atoms with Crippen LogP contribution in [0.1, 0.15) is 25.7 Å². The third-order valence-corrected chi connectivity index (χ3v) is 3.76. The van der Waals surface area contributed by atoms with Crippen molar-refractivity contribution in [3.8, 4) is 0 Å². The van der Waals surface area contributed by atoms with E-state index in [1.807, 2.05) is 7.05 Å². The first-order valence-corrected chi connectivity index (χ1v) is 5.81. The standard InChI is InChI=1S/C9H16ClN5/c1-15-8(12-13-14-15)11-7-9(6-10)4-2-3-5-9/h2-7H2,1H3,(H,11,12,14). The van der Waals surface area contributed by atoms with E-state index in [1.165, 1.54) is 25.7 Å². The van der Waals surface area contributed by atoms with Gasteiger partial charge in [0.25, 0.3) is 0 Å². The average molecular weight is 230 g/mol. The van der Waals surface area contributed by atoms with Crippen LogP contribution in [0.15, 0.2) is 0 Å². The summed E-state index contributed by atoms with van der Waals surface area (Å²) in [7, 11) is 1.82. The fourth-order valence-electron chi connectivity index (χ4n) is 2.13. The molecule has 1 aliphatic carbocycles. The first-order valence-electron chi connectivity index (χ1n) is 5.28. The maximum Gasteiger partial charge on any atom is 0.242 e. The molecule has 0 radical (unpaired) electrons. The minimum Gasteiger partial charge on any atom is -0.352 e. The fraction of sp³-hybridized carbons (Fsp3) is 0.889. The quantitative estimate of drug-likeness (QED) is 0.794. The SMILES string of the molecule is Cn1nnnc1NCC1(CCl)CCCC1. The summed E-state index contributed by atoms with van der Waals surface area (Å²) in [6, 6.07) is 0. The molecule has 1 aromatic heterocycles. The number of hydrogen-bond donors (Lipinski definition) is 1. The smallest absolute Gasteiger partial charge is 0.242 e. The summed E-state index contributed by atoms with van der Waals surface area (Å²) in [5.41, 5.74) is 0.244. The van der Waals surface area contributed by atoms with E-state index in [0.717, 1.165) is 6.54 Å². The molecule has 5 nitrogen and oxygen atoms in total. The number of aromatic nitrogens is 4. The first-order chi connectivity index (χ1) is 7.26. The van der Waals surface area contributed by atoms with Crippen molar-refractivity contribution in [2.45, 2.75) is 25.7 Å². The number of tetrazole rings is 1. The summed E-state index contributed by atoms with van der Waals surface area (Å²) in [4.78, 5) is 0. The van der Waals surface area contributed by atoms with Crippen LogP contribution in [0, 0.1) is 5.41 Å². The number of rotatable bonds is 4. The number of nitrogens with one attached hydrogen (secondary N) is 1. The highest BCUT2D eigenvalue weighted by molar-refractivity contribution is 6.18. The van der Waals surface area contributed by atoms with Gasteiger partial charge in [-0.05, 0) is 23.3 Å². The Hall–Kier alpha value is -0.840. The zero-order valence-electron chi connectivity index (χ0n) is 8.91. The van der Waals surface area contributed by atoms with Gasteiger partial charge >= 0.3 is 0 Å². The van der Waals surface area contributed by atoms with Crippen LogP contribution < -0.4 is 5.32 Å². The van der Waals surface area contributed by atoms with Crippen LogP contribution in [-0.4, -0.2) is 32.6 Å². The lowest BCUT2D eigenvalue weighted by atomic mass is 9.89. The summed E-state index contributed by atoms with van der Waals surface area (Å²) in [6.45, 7) is 0.866. The molecule has 2 rings (SSSR count). The van der Waals surface area contributed by atoms with Gasteiger partial charge in [-0.25, -0.2) is 4.68 Å². The Morgan fingerprint density at radius 1 is 1.47 bits per heavy atom. The predicted molar refractivity (Wildman–Crippen MR) is 58.9 cm³/mol. The Kier molecular flexibility index (Phi) is 3.09. The minimum atomic E-state index is 0.244. The molecule has 0 spiro atoms. The lowest BCUT2D eigenvalue weighted by Crippen LogP contribution is -2.29. The summed E-state index contributed by atoms with van der Waals surface area (Å²) in [5, 5.41) is 14.5. The highest BCUT2D eigenvalue weighted by atomic mass is 35.5. The lowest BCUT2D eigenvalue weighted by molar-refractivity contribution is 0.367. The van der Waals surface area contributed by atoms with E-state index in [4.69, 9.17) is 11.6 Å². The Labute approximate surface area is 94.2 Å². The molecule has 1 saturated carbocycles. The highest BCUT2D eigenvalue weighted by Crippen LogP contribution is 2.38. The van der Waals surface area contributed by atoms with Crippen molar-refractivity contribution in [2.24, 2.45) is 12.5 Å². The van der Waals surface area contributed by atoms with Crippen LogP contribution >= 0.6 is 11.6 Å². The van der Waals surface area contributed by atoms with Crippen LogP contribution in [0.4, 0.5) is 5.95 Å². The number of aryl methyl sites for hydroxylation is 1. The third kappa shape index (κ3) is 2.22. The summed E-state index contributed by atoms with van der Waals surface area (Å²) in [5.74, 6) is 1.43. The predicted octanol–water partition coefficient (Wildman–Crippen LogP) is 1.42. The molecule has 1 heterocycles. The molecule has 1 aliphatic rings. The molecule has 0 amide bonds. The summed E-state index contributed by atoms with van der Waals surface area (Å²) in [6.07, 6.45) is 4.97. The lowest BCUT2D eigenvalue weighted by Gasteiger charge is -2.26. The Balaban J connectivity index is 1.94. The van der Waals surface area contributed by atoms with Crippen LogP contribution in [0.3, 0.4) is 0 Å². The second-order valence-electron chi connectivity index (χ2n) is 4.32. The van der Waals surface area contributed by atoms with Crippen molar-refractivity contribution in [3.63, 3.8) is 0 Å². The van der Waals surface area contributed by atoms with Gasteiger partial charge in [-0.2, -0.15) is 0 Å². The van der Waals surface area contributed by atoms with Crippen molar-refractivity contribution >= 4 is 17.5 Å². The number of halogens is 1. The molecule has 15 heavy (non-hydrogen) atoms. The second-order valence-corrected chi connectivity index (χ2v) is 4.59. The van der Waals surface area contributed by atoms with E-state index in [2.05, 4.69) is 20.8 Å². The summed E-state index contributed by atoms with van der Waals surface area (Å²) < 4.78 is 1.64. The van der Waals surface area contributed by atoms with E-state index in [0.29, 0.717) is 11.8 Å². The zero-order chi connectivity index (χ0) is 10.7. The van der Waals surface area contributed by atoms with Gasteiger partial charge in [0.15, 0.2) is 0 Å². The maximum atomic E-state index is 6.05. The van der Waals surface area contributed by atoms with Gasteiger partial charge in [-0.3, -0.25) is 0 Å². The Morgan fingerprint density at radius 2 is 2.20 bits per heavy atom. The molecule has 1 fully saturated rings. The van der Waals surface area contributed by atoms with Gasteiger partial charge in [0.05, 0.1) is 0 Å². The molecule has 0 saturated heterocycles. The first kappa shape index (κ1) is 10.7. The monoisotopic (exact) mass is 229 g/mol. The average Bonchev–Trinajstić information content (AvgIpc) is 2.85. The zero-order valence-corrected chi connectivity index (χ0v) is 9.67. The van der Waals surface area contributed by atoms with Crippen molar-refractivity contribution < 1.29 is 0 Å². The Bertz CT molecular complexity index is 318.